The number of aliphatic hydroxyl groups excluding tert-OH is 1. The number of halogens is 4. The van der Waals surface area contributed by atoms with Crippen LogP contribution in [0.25, 0.3) is 11.1 Å². The molecule has 0 saturated heterocycles. The number of aliphatic hydroxyl groups is 1. The number of rotatable bonds is 3. The molecule has 0 aliphatic rings. The van der Waals surface area contributed by atoms with Gasteiger partial charge in [0.25, 0.3) is 0 Å². The van der Waals surface area contributed by atoms with Gasteiger partial charge in [-0.1, -0.05) is 12.1 Å². The zero-order valence-corrected chi connectivity index (χ0v) is 9.99. The van der Waals surface area contributed by atoms with Crippen molar-refractivity contribution in [1.82, 2.24) is 4.98 Å². The van der Waals surface area contributed by atoms with Crippen LogP contribution in [-0.4, -0.2) is 16.5 Å². The monoisotopic (exact) mass is 287 g/mol. The molecule has 0 fully saturated rings. The Hall–Kier alpha value is -2.15. The lowest BCUT2D eigenvalue weighted by Crippen LogP contribution is -2.17. The summed E-state index contributed by atoms with van der Waals surface area (Å²) in [5, 5.41) is 9.15. The summed E-state index contributed by atoms with van der Waals surface area (Å²) < 4.78 is 53.9. The van der Waals surface area contributed by atoms with Crippen molar-refractivity contribution in [2.45, 2.75) is 13.0 Å². The van der Waals surface area contributed by atoms with Crippen molar-refractivity contribution in [2.24, 2.45) is 0 Å². The lowest BCUT2D eigenvalue weighted by Gasteiger charge is -2.12. The Morgan fingerprint density at radius 2 is 1.95 bits per heavy atom. The lowest BCUT2D eigenvalue weighted by molar-refractivity contribution is -0.274. The summed E-state index contributed by atoms with van der Waals surface area (Å²) in [5.74, 6) is -1.34. The summed E-state index contributed by atoms with van der Waals surface area (Å²) in [6.07, 6.45) is -3.66. The number of hydrogen-bond donors (Lipinski definition) is 1. The Morgan fingerprint density at radius 3 is 2.60 bits per heavy atom. The van der Waals surface area contributed by atoms with Crippen molar-refractivity contribution in [3.63, 3.8) is 0 Å². The fraction of sp³-hybridized carbons (Fsp3) is 0.154. The van der Waals surface area contributed by atoms with Crippen molar-refractivity contribution in [2.75, 3.05) is 0 Å². The van der Waals surface area contributed by atoms with Gasteiger partial charge < -0.3 is 9.84 Å². The first-order valence-electron chi connectivity index (χ1n) is 5.51. The van der Waals surface area contributed by atoms with Gasteiger partial charge in [0, 0.05) is 11.8 Å². The van der Waals surface area contributed by atoms with Crippen molar-refractivity contribution in [3.8, 4) is 16.9 Å². The SMILES string of the molecule is OCc1ccnc(F)c1-c1cccc(OC(F)(F)F)c1. The zero-order valence-electron chi connectivity index (χ0n) is 9.99. The molecule has 0 radical (unpaired) electrons. The summed E-state index contributed by atoms with van der Waals surface area (Å²) in [4.78, 5) is 3.43. The van der Waals surface area contributed by atoms with Crippen LogP contribution < -0.4 is 4.74 Å². The second kappa shape index (κ2) is 5.46. The highest BCUT2D eigenvalue weighted by Gasteiger charge is 2.31. The van der Waals surface area contributed by atoms with Crippen molar-refractivity contribution >= 4 is 0 Å². The molecule has 0 bridgehead atoms. The molecular formula is C13H9F4NO2. The van der Waals surface area contributed by atoms with Gasteiger partial charge in [-0.2, -0.15) is 4.39 Å². The highest BCUT2D eigenvalue weighted by atomic mass is 19.4. The average molecular weight is 287 g/mol. The number of pyridine rings is 1. The fourth-order valence-corrected chi connectivity index (χ4v) is 1.76. The summed E-state index contributed by atoms with van der Waals surface area (Å²) in [6, 6.07) is 6.22. The Balaban J connectivity index is 2.46. The van der Waals surface area contributed by atoms with Crippen LogP contribution in [0, 0.1) is 5.95 Å². The third-order valence-electron chi connectivity index (χ3n) is 2.52. The molecule has 1 N–H and O–H groups in total. The van der Waals surface area contributed by atoms with Crippen LogP contribution in [0.4, 0.5) is 17.6 Å². The predicted molar refractivity (Wildman–Crippen MR) is 62.2 cm³/mol. The Morgan fingerprint density at radius 1 is 1.20 bits per heavy atom. The van der Waals surface area contributed by atoms with Crippen LogP contribution in [0.3, 0.4) is 0 Å². The predicted octanol–water partition coefficient (Wildman–Crippen LogP) is 3.28. The number of aromatic nitrogens is 1. The maximum atomic E-state index is 13.7. The highest BCUT2D eigenvalue weighted by Crippen LogP contribution is 2.30. The quantitative estimate of drug-likeness (QED) is 0.696. The minimum Gasteiger partial charge on any atom is -0.406 e. The number of benzene rings is 1. The summed E-state index contributed by atoms with van der Waals surface area (Å²) in [7, 11) is 0. The Bertz CT molecular complexity index is 614. The first-order valence-corrected chi connectivity index (χ1v) is 5.51. The standard InChI is InChI=1S/C13H9F4NO2/c14-12-11(9(7-19)4-5-18-12)8-2-1-3-10(6-8)20-13(15,16)17/h1-6,19H,7H2. The summed E-state index contributed by atoms with van der Waals surface area (Å²) in [6.45, 7) is -0.459. The van der Waals surface area contributed by atoms with Gasteiger partial charge in [0.05, 0.1) is 6.61 Å². The van der Waals surface area contributed by atoms with Crippen LogP contribution in [0.1, 0.15) is 5.56 Å². The second-order valence-electron chi connectivity index (χ2n) is 3.87. The molecule has 0 aliphatic carbocycles. The van der Waals surface area contributed by atoms with Gasteiger partial charge in [-0.25, -0.2) is 4.98 Å². The average Bonchev–Trinajstić information content (AvgIpc) is 2.36. The van der Waals surface area contributed by atoms with Crippen LogP contribution in [0.5, 0.6) is 5.75 Å². The van der Waals surface area contributed by atoms with Gasteiger partial charge in [0.2, 0.25) is 5.95 Å². The molecule has 0 unspecified atom stereocenters. The minimum atomic E-state index is -4.83. The van der Waals surface area contributed by atoms with E-state index in [1.807, 2.05) is 0 Å². The number of hydrogen-bond acceptors (Lipinski definition) is 3. The van der Waals surface area contributed by atoms with Crippen LogP contribution >= 0.6 is 0 Å². The van der Waals surface area contributed by atoms with Gasteiger partial charge in [0.1, 0.15) is 5.75 Å². The maximum absolute atomic E-state index is 13.7. The van der Waals surface area contributed by atoms with Crippen molar-refractivity contribution < 1.29 is 27.4 Å². The maximum Gasteiger partial charge on any atom is 0.573 e. The molecule has 0 saturated carbocycles. The number of nitrogens with zero attached hydrogens (tertiary/aromatic N) is 1. The smallest absolute Gasteiger partial charge is 0.406 e. The van der Waals surface area contributed by atoms with E-state index in [0.717, 1.165) is 12.1 Å². The molecule has 7 heteroatoms. The Kier molecular flexibility index (Phi) is 3.89. The summed E-state index contributed by atoms with van der Waals surface area (Å²) in [5.41, 5.74) is 0.311. The van der Waals surface area contributed by atoms with Gasteiger partial charge in [-0.05, 0) is 29.3 Å². The van der Waals surface area contributed by atoms with Crippen molar-refractivity contribution in [3.05, 3.63) is 48.0 Å². The molecule has 0 amide bonds. The highest BCUT2D eigenvalue weighted by molar-refractivity contribution is 5.68. The molecule has 0 aliphatic heterocycles. The van der Waals surface area contributed by atoms with Gasteiger partial charge >= 0.3 is 6.36 Å². The number of alkyl halides is 3. The van der Waals surface area contributed by atoms with Gasteiger partial charge in [-0.15, -0.1) is 13.2 Å². The van der Waals surface area contributed by atoms with E-state index in [1.54, 1.807) is 0 Å². The largest absolute Gasteiger partial charge is 0.573 e. The first kappa shape index (κ1) is 14.3. The van der Waals surface area contributed by atoms with Crippen LogP contribution in [-0.2, 0) is 6.61 Å². The number of ether oxygens (including phenoxy) is 1. The normalized spacial score (nSPS) is 11.4. The van der Waals surface area contributed by atoms with E-state index in [1.165, 1.54) is 24.4 Å². The molecule has 1 aromatic heterocycles. The first-order chi connectivity index (χ1) is 9.40. The van der Waals surface area contributed by atoms with E-state index in [0.29, 0.717) is 0 Å². The van der Waals surface area contributed by atoms with E-state index in [9.17, 15) is 17.6 Å². The van der Waals surface area contributed by atoms with E-state index < -0.39 is 24.7 Å². The van der Waals surface area contributed by atoms with E-state index in [-0.39, 0.29) is 16.7 Å². The lowest BCUT2D eigenvalue weighted by atomic mass is 10.0. The van der Waals surface area contributed by atoms with Crippen LogP contribution in [0.15, 0.2) is 36.5 Å². The van der Waals surface area contributed by atoms with E-state index >= 15 is 0 Å². The molecule has 1 aromatic carbocycles. The van der Waals surface area contributed by atoms with E-state index in [4.69, 9.17) is 5.11 Å². The molecule has 3 nitrogen and oxygen atoms in total. The van der Waals surface area contributed by atoms with Crippen molar-refractivity contribution in [1.29, 1.82) is 0 Å². The second-order valence-corrected chi connectivity index (χ2v) is 3.87. The minimum absolute atomic E-state index is 0.0531. The summed E-state index contributed by atoms with van der Waals surface area (Å²) >= 11 is 0. The molecular weight excluding hydrogens is 278 g/mol. The van der Waals surface area contributed by atoms with Gasteiger partial charge in [0.15, 0.2) is 0 Å². The zero-order chi connectivity index (χ0) is 14.8. The fourth-order valence-electron chi connectivity index (χ4n) is 1.76. The Labute approximate surface area is 111 Å². The molecule has 0 atom stereocenters. The van der Waals surface area contributed by atoms with Crippen LogP contribution in [0.2, 0.25) is 0 Å². The third kappa shape index (κ3) is 3.24. The third-order valence-corrected chi connectivity index (χ3v) is 2.52. The molecule has 2 rings (SSSR count). The molecule has 2 aromatic rings. The van der Waals surface area contributed by atoms with E-state index in [2.05, 4.69) is 9.72 Å². The molecule has 106 valence electrons. The molecule has 0 spiro atoms. The molecule has 20 heavy (non-hydrogen) atoms. The topological polar surface area (TPSA) is 42.4 Å². The molecule has 1 heterocycles. The van der Waals surface area contributed by atoms with Gasteiger partial charge in [-0.3, -0.25) is 0 Å².